The third-order valence-corrected chi connectivity index (χ3v) is 6.47. The lowest BCUT2D eigenvalue weighted by atomic mass is 9.94. The fourth-order valence-electron chi connectivity index (χ4n) is 4.00. The number of methoxy groups -OCH3 is 1. The van der Waals surface area contributed by atoms with E-state index >= 15 is 0 Å². The summed E-state index contributed by atoms with van der Waals surface area (Å²) < 4.78 is 12.9. The number of nitrogens with zero attached hydrogens (tertiary/aromatic N) is 2. The van der Waals surface area contributed by atoms with Crippen LogP contribution in [0.1, 0.15) is 56.0 Å². The Morgan fingerprint density at radius 1 is 1.43 bits per heavy atom. The molecule has 8 heteroatoms. The number of phenolic OH excluding ortho intramolecular Hbond substituents is 1. The van der Waals surface area contributed by atoms with E-state index < -0.39 is 0 Å². The average molecular weight is 404 g/mol. The van der Waals surface area contributed by atoms with E-state index in [4.69, 9.17) is 14.5 Å². The predicted molar refractivity (Wildman–Crippen MR) is 110 cm³/mol. The van der Waals surface area contributed by atoms with Crippen molar-refractivity contribution in [2.24, 2.45) is 4.99 Å². The first-order valence-corrected chi connectivity index (χ1v) is 10.2. The second-order valence-corrected chi connectivity index (χ2v) is 9.16. The minimum atomic E-state index is -0.236. The van der Waals surface area contributed by atoms with Gasteiger partial charge in [-0.2, -0.15) is 0 Å². The normalized spacial score (nSPS) is 23.8. The summed E-state index contributed by atoms with van der Waals surface area (Å²) in [5, 5.41) is 13.9. The number of aromatic hydroxyl groups is 1. The van der Waals surface area contributed by atoms with Crippen molar-refractivity contribution < 1.29 is 14.6 Å². The minimum absolute atomic E-state index is 0.0596. The third kappa shape index (κ3) is 3.35. The quantitative estimate of drug-likeness (QED) is 0.811. The molecule has 0 bridgehead atoms. The number of aromatic nitrogens is 2. The number of hydrogen-bond donors (Lipinski definition) is 2. The van der Waals surface area contributed by atoms with Crippen molar-refractivity contribution in [2.45, 2.75) is 50.5 Å². The number of rotatable bonds is 3. The molecule has 0 spiro atoms. The Labute approximate surface area is 167 Å². The van der Waals surface area contributed by atoms with Crippen LogP contribution in [-0.2, 0) is 4.74 Å². The van der Waals surface area contributed by atoms with Crippen molar-refractivity contribution in [1.82, 2.24) is 9.78 Å². The third-order valence-electron chi connectivity index (χ3n) is 5.29. The van der Waals surface area contributed by atoms with Gasteiger partial charge >= 0.3 is 0 Å². The van der Waals surface area contributed by atoms with E-state index in [1.807, 2.05) is 17.7 Å². The summed E-state index contributed by atoms with van der Waals surface area (Å²) in [5.74, 6) is 1.15. The van der Waals surface area contributed by atoms with E-state index in [9.17, 15) is 9.90 Å². The molecule has 0 amide bonds. The molecule has 2 aliphatic heterocycles. The molecular weight excluding hydrogens is 378 g/mol. The SMILES string of the molecule is COc1ccc([C@@H]2SC(C)=Nc3c2c(=O)[nH]n3[C@H]2CCOC(C)(C)C2)cc1O. The number of hydrogen-bond acceptors (Lipinski definition) is 6. The highest BCUT2D eigenvalue weighted by atomic mass is 32.2. The molecule has 0 radical (unpaired) electrons. The monoisotopic (exact) mass is 403 g/mol. The van der Waals surface area contributed by atoms with E-state index in [0.717, 1.165) is 23.4 Å². The molecule has 0 aliphatic carbocycles. The van der Waals surface area contributed by atoms with E-state index in [1.165, 1.54) is 18.9 Å². The topological polar surface area (TPSA) is 88.8 Å². The lowest BCUT2D eigenvalue weighted by Gasteiger charge is -2.36. The second kappa shape index (κ2) is 7.00. The highest BCUT2D eigenvalue weighted by Gasteiger charge is 2.36. The maximum Gasteiger partial charge on any atom is 0.271 e. The van der Waals surface area contributed by atoms with Crippen LogP contribution in [0.3, 0.4) is 0 Å². The zero-order valence-corrected chi connectivity index (χ0v) is 17.3. The summed E-state index contributed by atoms with van der Waals surface area (Å²) in [4.78, 5) is 17.6. The fourth-order valence-corrected chi connectivity index (χ4v) is 5.09. The van der Waals surface area contributed by atoms with Crippen molar-refractivity contribution in [3.63, 3.8) is 0 Å². The van der Waals surface area contributed by atoms with E-state index in [-0.39, 0.29) is 28.2 Å². The van der Waals surface area contributed by atoms with Gasteiger partial charge in [0, 0.05) is 6.61 Å². The first-order chi connectivity index (χ1) is 13.3. The molecule has 1 saturated heterocycles. The molecule has 2 aliphatic rings. The number of nitrogens with one attached hydrogen (secondary N) is 1. The summed E-state index contributed by atoms with van der Waals surface area (Å²) >= 11 is 1.52. The summed E-state index contributed by atoms with van der Waals surface area (Å²) in [6, 6.07) is 5.39. The number of H-pyrrole nitrogens is 1. The Hall–Kier alpha value is -2.19. The van der Waals surface area contributed by atoms with Crippen LogP contribution >= 0.6 is 11.8 Å². The smallest absolute Gasteiger partial charge is 0.271 e. The Morgan fingerprint density at radius 2 is 2.21 bits per heavy atom. The first kappa shape index (κ1) is 19.1. The molecule has 1 aromatic heterocycles. The van der Waals surface area contributed by atoms with Gasteiger partial charge in [0.05, 0.1) is 34.6 Å². The van der Waals surface area contributed by atoms with Gasteiger partial charge < -0.3 is 14.6 Å². The maximum absolute atomic E-state index is 12.9. The molecule has 150 valence electrons. The Kier molecular flexibility index (Phi) is 4.79. The fraction of sp³-hybridized carbons (Fsp3) is 0.500. The van der Waals surface area contributed by atoms with Crippen LogP contribution in [0.2, 0.25) is 0 Å². The van der Waals surface area contributed by atoms with E-state index in [2.05, 4.69) is 18.9 Å². The van der Waals surface area contributed by atoms with Crippen molar-refractivity contribution in [3.8, 4) is 11.5 Å². The van der Waals surface area contributed by atoms with Gasteiger partial charge in [-0.3, -0.25) is 14.6 Å². The minimum Gasteiger partial charge on any atom is -0.504 e. The molecule has 1 aromatic carbocycles. The highest BCUT2D eigenvalue weighted by molar-refractivity contribution is 8.14. The van der Waals surface area contributed by atoms with Crippen molar-refractivity contribution in [1.29, 1.82) is 0 Å². The summed E-state index contributed by atoms with van der Waals surface area (Å²) in [5.41, 5.74) is 1.10. The first-order valence-electron chi connectivity index (χ1n) is 9.36. The molecule has 7 nitrogen and oxygen atoms in total. The Bertz CT molecular complexity index is 992. The number of ether oxygens (including phenoxy) is 2. The molecule has 2 N–H and O–H groups in total. The summed E-state index contributed by atoms with van der Waals surface area (Å²) in [6.45, 7) is 6.74. The lowest BCUT2D eigenvalue weighted by Crippen LogP contribution is -2.35. The van der Waals surface area contributed by atoms with E-state index in [1.54, 1.807) is 12.1 Å². The molecule has 3 heterocycles. The van der Waals surface area contributed by atoms with Gasteiger partial charge in [-0.25, -0.2) is 4.99 Å². The largest absolute Gasteiger partial charge is 0.504 e. The molecule has 1 fully saturated rings. The number of fused-ring (bicyclic) bond motifs is 1. The van der Waals surface area contributed by atoms with Crippen LogP contribution in [0, 0.1) is 0 Å². The van der Waals surface area contributed by atoms with Crippen LogP contribution in [0.4, 0.5) is 5.82 Å². The van der Waals surface area contributed by atoms with Crippen LogP contribution in [0.15, 0.2) is 28.0 Å². The molecule has 2 aromatic rings. The Balaban J connectivity index is 1.78. The van der Waals surface area contributed by atoms with Crippen LogP contribution < -0.4 is 10.3 Å². The Morgan fingerprint density at radius 3 is 2.89 bits per heavy atom. The molecular formula is C20H25N3O4S. The van der Waals surface area contributed by atoms with Gasteiger partial charge in [0.25, 0.3) is 5.56 Å². The van der Waals surface area contributed by atoms with Gasteiger partial charge in [-0.05, 0) is 51.3 Å². The van der Waals surface area contributed by atoms with Crippen molar-refractivity contribution in [3.05, 3.63) is 39.7 Å². The molecule has 28 heavy (non-hydrogen) atoms. The summed E-state index contributed by atoms with van der Waals surface area (Å²) in [7, 11) is 1.51. The van der Waals surface area contributed by atoms with E-state index in [0.29, 0.717) is 23.7 Å². The molecule has 0 saturated carbocycles. The molecule has 0 unspecified atom stereocenters. The standard InChI is InChI=1S/C20H25N3O4S/c1-11-21-18-16(17(28-11)12-5-6-15(26-4)14(24)9-12)19(25)22-23(18)13-7-8-27-20(2,3)10-13/h5-6,9,13,17,24H,7-8,10H2,1-4H3,(H,22,25)/t13-,17-/m0/s1. The van der Waals surface area contributed by atoms with Crippen LogP contribution in [-0.4, -0.2) is 39.2 Å². The molecule has 2 atom stereocenters. The zero-order chi connectivity index (χ0) is 20.1. The average Bonchev–Trinajstić information content (AvgIpc) is 2.96. The van der Waals surface area contributed by atoms with Crippen molar-refractivity contribution >= 4 is 22.6 Å². The van der Waals surface area contributed by atoms with Gasteiger partial charge in [0.1, 0.15) is 0 Å². The lowest BCUT2D eigenvalue weighted by molar-refractivity contribution is -0.0705. The zero-order valence-electron chi connectivity index (χ0n) is 16.5. The number of thioether (sulfide) groups is 1. The number of aromatic amines is 1. The van der Waals surface area contributed by atoms with Crippen LogP contribution in [0.25, 0.3) is 0 Å². The summed E-state index contributed by atoms with van der Waals surface area (Å²) in [6.07, 6.45) is 1.63. The van der Waals surface area contributed by atoms with Gasteiger partial charge in [-0.1, -0.05) is 17.8 Å². The van der Waals surface area contributed by atoms with Gasteiger partial charge in [0.2, 0.25) is 0 Å². The van der Waals surface area contributed by atoms with Crippen LogP contribution in [0.5, 0.6) is 11.5 Å². The molecule has 4 rings (SSSR count). The predicted octanol–water partition coefficient (Wildman–Crippen LogP) is 3.91. The highest BCUT2D eigenvalue weighted by Crippen LogP contribution is 2.46. The second-order valence-electron chi connectivity index (χ2n) is 7.86. The number of benzene rings is 1. The number of aliphatic imine (C=N–C) groups is 1. The van der Waals surface area contributed by atoms with Crippen molar-refractivity contribution in [2.75, 3.05) is 13.7 Å². The maximum atomic E-state index is 12.9. The number of phenols is 1. The van der Waals surface area contributed by atoms with Gasteiger partial charge in [0.15, 0.2) is 17.3 Å². The van der Waals surface area contributed by atoms with Gasteiger partial charge in [-0.15, -0.1) is 0 Å².